The highest BCUT2D eigenvalue weighted by Crippen LogP contribution is 2.24. The Labute approximate surface area is 135 Å². The van der Waals surface area contributed by atoms with Gasteiger partial charge in [0, 0.05) is 45.3 Å². The van der Waals surface area contributed by atoms with Crippen LogP contribution in [0.3, 0.4) is 0 Å². The lowest BCUT2D eigenvalue weighted by molar-refractivity contribution is -0.134. The van der Waals surface area contributed by atoms with Gasteiger partial charge in [-0.05, 0) is 25.7 Å². The maximum Gasteiger partial charge on any atom is 0.236 e. The van der Waals surface area contributed by atoms with Crippen LogP contribution >= 0.6 is 0 Å². The summed E-state index contributed by atoms with van der Waals surface area (Å²) in [5, 5.41) is 0. The van der Waals surface area contributed by atoms with Crippen molar-refractivity contribution in [1.29, 1.82) is 0 Å². The third-order valence-electron chi connectivity index (χ3n) is 6.12. The molecule has 0 aromatic heterocycles. The molecule has 4 heteroatoms. The van der Waals surface area contributed by atoms with Gasteiger partial charge in [-0.1, -0.05) is 32.1 Å². The number of hydrogen-bond acceptors (Lipinski definition) is 3. The van der Waals surface area contributed by atoms with Crippen molar-refractivity contribution >= 4 is 5.91 Å². The van der Waals surface area contributed by atoms with Crippen LogP contribution < -0.4 is 0 Å². The van der Waals surface area contributed by atoms with Gasteiger partial charge in [0.1, 0.15) is 0 Å². The fraction of sp³-hybridized carbons (Fsp3) is 0.944. The quantitative estimate of drug-likeness (QED) is 0.797. The zero-order valence-electron chi connectivity index (χ0n) is 14.3. The molecule has 4 nitrogen and oxygen atoms in total. The normalized spacial score (nSPS) is 26.4. The van der Waals surface area contributed by atoms with E-state index in [0.717, 1.165) is 32.2 Å². The van der Waals surface area contributed by atoms with Crippen LogP contribution in [0.2, 0.25) is 0 Å². The number of carbonyl (C=O) groups excluding carboxylic acids is 1. The Morgan fingerprint density at radius 3 is 2.14 bits per heavy atom. The first-order valence-corrected chi connectivity index (χ1v) is 9.46. The summed E-state index contributed by atoms with van der Waals surface area (Å²) in [5.74, 6) is 0.334. The topological polar surface area (TPSA) is 26.8 Å². The van der Waals surface area contributed by atoms with Gasteiger partial charge in [-0.3, -0.25) is 14.6 Å². The molecule has 0 unspecified atom stereocenters. The molecule has 0 N–H and O–H groups in total. The molecule has 2 aliphatic carbocycles. The second-order valence-electron chi connectivity index (χ2n) is 7.55. The van der Waals surface area contributed by atoms with E-state index in [1.54, 1.807) is 0 Å². The van der Waals surface area contributed by atoms with Gasteiger partial charge in [-0.2, -0.15) is 0 Å². The van der Waals surface area contributed by atoms with Crippen molar-refractivity contribution in [2.75, 3.05) is 39.8 Å². The summed E-state index contributed by atoms with van der Waals surface area (Å²) < 4.78 is 0. The molecule has 3 aliphatic rings. The van der Waals surface area contributed by atoms with Crippen molar-refractivity contribution in [2.24, 2.45) is 0 Å². The molecule has 0 spiro atoms. The Bertz CT molecular complexity index is 353. The number of piperazine rings is 1. The van der Waals surface area contributed by atoms with Crippen LogP contribution in [0.15, 0.2) is 0 Å². The number of carbonyl (C=O) groups is 1. The van der Waals surface area contributed by atoms with E-state index in [4.69, 9.17) is 0 Å². The van der Waals surface area contributed by atoms with Crippen molar-refractivity contribution < 1.29 is 4.79 Å². The smallest absolute Gasteiger partial charge is 0.236 e. The highest BCUT2D eigenvalue weighted by atomic mass is 16.2. The van der Waals surface area contributed by atoms with E-state index in [-0.39, 0.29) is 0 Å². The molecule has 3 fully saturated rings. The van der Waals surface area contributed by atoms with Crippen LogP contribution in [-0.4, -0.2) is 72.5 Å². The zero-order valence-corrected chi connectivity index (χ0v) is 14.3. The predicted octanol–water partition coefficient (Wildman–Crippen LogP) is 2.34. The monoisotopic (exact) mass is 307 g/mol. The summed E-state index contributed by atoms with van der Waals surface area (Å²) in [4.78, 5) is 19.6. The van der Waals surface area contributed by atoms with E-state index >= 15 is 0 Å². The Kier molecular flexibility index (Phi) is 5.75. The van der Waals surface area contributed by atoms with E-state index in [0.29, 0.717) is 18.5 Å². The highest BCUT2D eigenvalue weighted by molar-refractivity contribution is 5.78. The van der Waals surface area contributed by atoms with Gasteiger partial charge in [0.25, 0.3) is 0 Å². The molecule has 1 saturated heterocycles. The van der Waals surface area contributed by atoms with Gasteiger partial charge in [-0.25, -0.2) is 0 Å². The highest BCUT2D eigenvalue weighted by Gasteiger charge is 2.28. The molecule has 2 saturated carbocycles. The average Bonchev–Trinajstić information content (AvgIpc) is 3.10. The lowest BCUT2D eigenvalue weighted by Gasteiger charge is -2.39. The number of nitrogens with zero attached hydrogens (tertiary/aromatic N) is 3. The minimum Gasteiger partial charge on any atom is -0.342 e. The molecule has 0 bridgehead atoms. The van der Waals surface area contributed by atoms with Gasteiger partial charge in [0.05, 0.1) is 6.54 Å². The predicted molar refractivity (Wildman–Crippen MR) is 89.9 cm³/mol. The zero-order chi connectivity index (χ0) is 15.4. The Balaban J connectivity index is 1.40. The van der Waals surface area contributed by atoms with Crippen molar-refractivity contribution in [3.8, 4) is 0 Å². The molecular formula is C18H33N3O. The van der Waals surface area contributed by atoms with E-state index < -0.39 is 0 Å². The van der Waals surface area contributed by atoms with Gasteiger partial charge in [0.15, 0.2) is 0 Å². The molecule has 1 heterocycles. The van der Waals surface area contributed by atoms with E-state index in [1.807, 2.05) is 11.9 Å². The molecule has 0 aromatic rings. The van der Waals surface area contributed by atoms with Crippen molar-refractivity contribution in [2.45, 2.75) is 69.9 Å². The SMILES string of the molecule is CN(C(=O)CN1CCN(C2CCCC2)CC1)C1CCCCC1. The molecule has 0 radical (unpaired) electrons. The number of likely N-dealkylation sites (N-methyl/N-ethyl adjacent to an activating group) is 1. The summed E-state index contributed by atoms with van der Waals surface area (Å²) in [7, 11) is 2.02. The largest absolute Gasteiger partial charge is 0.342 e. The van der Waals surface area contributed by atoms with Crippen LogP contribution in [0.1, 0.15) is 57.8 Å². The molecule has 1 aliphatic heterocycles. The first-order chi connectivity index (χ1) is 10.7. The van der Waals surface area contributed by atoms with Gasteiger partial charge >= 0.3 is 0 Å². The van der Waals surface area contributed by atoms with Gasteiger partial charge in [0.2, 0.25) is 5.91 Å². The Morgan fingerprint density at radius 2 is 1.50 bits per heavy atom. The standard InChI is InChI=1S/C18H33N3O/c1-19(16-7-3-2-4-8-16)18(22)15-20-11-13-21(14-12-20)17-9-5-6-10-17/h16-17H,2-15H2,1H3. The van der Waals surface area contributed by atoms with Crippen LogP contribution in [-0.2, 0) is 4.79 Å². The van der Waals surface area contributed by atoms with E-state index in [2.05, 4.69) is 9.80 Å². The third-order valence-corrected chi connectivity index (χ3v) is 6.12. The first-order valence-electron chi connectivity index (χ1n) is 9.46. The number of hydrogen-bond donors (Lipinski definition) is 0. The van der Waals surface area contributed by atoms with Crippen molar-refractivity contribution in [3.63, 3.8) is 0 Å². The van der Waals surface area contributed by atoms with Crippen LogP contribution in [0, 0.1) is 0 Å². The molecule has 0 atom stereocenters. The van der Waals surface area contributed by atoms with Crippen LogP contribution in [0.4, 0.5) is 0 Å². The summed E-state index contributed by atoms with van der Waals surface area (Å²) in [6.07, 6.45) is 12.0. The first kappa shape index (κ1) is 16.3. The summed E-state index contributed by atoms with van der Waals surface area (Å²) in [5.41, 5.74) is 0. The minimum atomic E-state index is 0.334. The summed E-state index contributed by atoms with van der Waals surface area (Å²) in [6, 6.07) is 1.34. The lowest BCUT2D eigenvalue weighted by Crippen LogP contribution is -2.52. The number of amides is 1. The molecule has 0 aromatic carbocycles. The molecule has 1 amide bonds. The molecule has 3 rings (SSSR count). The fourth-order valence-corrected chi connectivity index (χ4v) is 4.53. The second kappa shape index (κ2) is 7.78. The fourth-order valence-electron chi connectivity index (χ4n) is 4.53. The maximum atomic E-state index is 12.5. The lowest BCUT2D eigenvalue weighted by atomic mass is 9.94. The molecule has 22 heavy (non-hydrogen) atoms. The second-order valence-corrected chi connectivity index (χ2v) is 7.55. The van der Waals surface area contributed by atoms with Crippen LogP contribution in [0.25, 0.3) is 0 Å². The Morgan fingerprint density at radius 1 is 0.909 bits per heavy atom. The van der Waals surface area contributed by atoms with Crippen molar-refractivity contribution in [1.82, 2.24) is 14.7 Å². The molecular weight excluding hydrogens is 274 g/mol. The summed E-state index contributed by atoms with van der Waals surface area (Å²) >= 11 is 0. The number of rotatable bonds is 4. The van der Waals surface area contributed by atoms with E-state index in [9.17, 15) is 4.79 Å². The van der Waals surface area contributed by atoms with Gasteiger partial charge < -0.3 is 4.90 Å². The third kappa shape index (κ3) is 4.02. The van der Waals surface area contributed by atoms with Gasteiger partial charge in [-0.15, -0.1) is 0 Å². The molecule has 126 valence electrons. The Hall–Kier alpha value is -0.610. The summed E-state index contributed by atoms with van der Waals surface area (Å²) in [6.45, 7) is 5.09. The average molecular weight is 307 g/mol. The maximum absolute atomic E-state index is 12.5. The van der Waals surface area contributed by atoms with Crippen LogP contribution in [0.5, 0.6) is 0 Å². The van der Waals surface area contributed by atoms with Crippen molar-refractivity contribution in [3.05, 3.63) is 0 Å². The van der Waals surface area contributed by atoms with E-state index in [1.165, 1.54) is 57.8 Å². The minimum absolute atomic E-state index is 0.334.